The first-order valence-electron chi connectivity index (χ1n) is 5.81. The lowest BCUT2D eigenvalue weighted by atomic mass is 10.3. The number of aromatic nitrogens is 2. The van der Waals surface area contributed by atoms with E-state index >= 15 is 0 Å². The number of guanidine groups is 1. The van der Waals surface area contributed by atoms with Crippen LogP contribution in [0.4, 0.5) is 5.82 Å². The molecule has 96 valence electrons. The van der Waals surface area contributed by atoms with Crippen LogP contribution in [0.3, 0.4) is 0 Å². The fourth-order valence-electron chi connectivity index (χ4n) is 1.61. The van der Waals surface area contributed by atoms with E-state index in [1.807, 2.05) is 23.6 Å². The van der Waals surface area contributed by atoms with Gasteiger partial charge < -0.3 is 14.8 Å². The second-order valence-corrected chi connectivity index (χ2v) is 4.66. The highest BCUT2D eigenvalue weighted by Gasteiger charge is 2.20. The first-order valence-corrected chi connectivity index (χ1v) is 5.81. The van der Waals surface area contributed by atoms with Crippen LogP contribution in [0.1, 0.15) is 25.6 Å². The number of imidazole rings is 1. The molecule has 0 radical (unpaired) electrons. The lowest BCUT2D eigenvalue weighted by Crippen LogP contribution is -2.24. The number of rotatable bonds is 2. The minimum Gasteiger partial charge on any atom is -0.369 e. The molecule has 0 fully saturated rings. The fourth-order valence-corrected chi connectivity index (χ4v) is 1.61. The van der Waals surface area contributed by atoms with Crippen molar-refractivity contribution in [2.75, 3.05) is 14.1 Å². The van der Waals surface area contributed by atoms with Gasteiger partial charge in [0.15, 0.2) is 5.82 Å². The summed E-state index contributed by atoms with van der Waals surface area (Å²) in [6.07, 6.45) is 3.48. The minimum atomic E-state index is 0.301. The van der Waals surface area contributed by atoms with Crippen LogP contribution in [0.25, 0.3) is 5.70 Å². The first kappa shape index (κ1) is 12.3. The lowest BCUT2D eigenvalue weighted by Gasteiger charge is -2.16. The van der Waals surface area contributed by atoms with Crippen LogP contribution < -0.4 is 5.32 Å². The average molecular weight is 246 g/mol. The van der Waals surface area contributed by atoms with Gasteiger partial charge in [0, 0.05) is 20.1 Å². The van der Waals surface area contributed by atoms with Crippen molar-refractivity contribution in [2.45, 2.75) is 19.9 Å². The van der Waals surface area contributed by atoms with E-state index in [0.29, 0.717) is 12.0 Å². The van der Waals surface area contributed by atoms with Crippen LogP contribution in [0.5, 0.6) is 0 Å². The molecule has 0 saturated carbocycles. The summed E-state index contributed by atoms with van der Waals surface area (Å²) < 4.78 is 2.01. The summed E-state index contributed by atoms with van der Waals surface area (Å²) >= 11 is 0. The molecule has 0 amide bonds. The van der Waals surface area contributed by atoms with E-state index in [9.17, 15) is 0 Å². The Hall–Kier alpha value is -2.11. The van der Waals surface area contributed by atoms with Crippen LogP contribution in [-0.4, -0.2) is 40.8 Å². The van der Waals surface area contributed by atoms with Crippen LogP contribution in [0.2, 0.25) is 0 Å². The van der Waals surface area contributed by atoms with Crippen LogP contribution in [-0.2, 0) is 0 Å². The maximum Gasteiger partial charge on any atom is 0.230 e. The molecule has 0 atom stereocenters. The number of nitrogens with zero attached hydrogens (tertiary/aromatic N) is 5. The average Bonchev–Trinajstić information content (AvgIpc) is 2.70. The molecule has 2 rings (SSSR count). The summed E-state index contributed by atoms with van der Waals surface area (Å²) in [6, 6.07) is 0.301. The second-order valence-electron chi connectivity index (χ2n) is 4.66. The topological polar surface area (TPSA) is 57.8 Å². The third-order valence-corrected chi connectivity index (χ3v) is 2.50. The lowest BCUT2D eigenvalue weighted by molar-refractivity contribution is 0.603. The highest BCUT2D eigenvalue weighted by Crippen LogP contribution is 2.29. The Morgan fingerprint density at radius 2 is 2.22 bits per heavy atom. The van der Waals surface area contributed by atoms with Crippen molar-refractivity contribution >= 4 is 23.8 Å². The van der Waals surface area contributed by atoms with E-state index in [-0.39, 0.29) is 0 Å². The molecule has 0 bridgehead atoms. The van der Waals surface area contributed by atoms with Crippen LogP contribution in [0, 0.1) is 0 Å². The molecular formula is C12H18N6. The maximum absolute atomic E-state index is 4.47. The Morgan fingerprint density at radius 1 is 1.50 bits per heavy atom. The Bertz CT molecular complexity index is 521. The normalized spacial score (nSPS) is 14.7. The Labute approximate surface area is 107 Å². The molecule has 18 heavy (non-hydrogen) atoms. The van der Waals surface area contributed by atoms with E-state index in [4.69, 9.17) is 0 Å². The summed E-state index contributed by atoms with van der Waals surface area (Å²) in [5, 5.41) is 3.04. The number of fused-ring (bicyclic) bond motifs is 1. The van der Waals surface area contributed by atoms with Crippen LogP contribution >= 0.6 is 0 Å². The van der Waals surface area contributed by atoms with Crippen LogP contribution in [0.15, 0.2) is 22.9 Å². The summed E-state index contributed by atoms with van der Waals surface area (Å²) in [4.78, 5) is 14.9. The molecule has 0 unspecified atom stereocenters. The Balaban J connectivity index is 2.40. The summed E-state index contributed by atoms with van der Waals surface area (Å²) in [7, 11) is 3.82. The van der Waals surface area contributed by atoms with Gasteiger partial charge in [-0.3, -0.25) is 0 Å². The first-order chi connectivity index (χ1) is 8.49. The molecule has 0 saturated heterocycles. The second kappa shape index (κ2) is 4.64. The zero-order chi connectivity index (χ0) is 13.3. The van der Waals surface area contributed by atoms with Gasteiger partial charge in [0.25, 0.3) is 0 Å². The molecule has 1 aliphatic heterocycles. The van der Waals surface area contributed by atoms with E-state index < -0.39 is 0 Å². The number of hydrogen-bond acceptors (Lipinski definition) is 4. The summed E-state index contributed by atoms with van der Waals surface area (Å²) in [5.74, 6) is 1.34. The molecule has 1 aliphatic rings. The summed E-state index contributed by atoms with van der Waals surface area (Å²) in [5.41, 5.74) is 1.51. The zero-order valence-corrected chi connectivity index (χ0v) is 11.2. The van der Waals surface area contributed by atoms with Crippen molar-refractivity contribution in [1.29, 1.82) is 0 Å². The van der Waals surface area contributed by atoms with E-state index in [0.717, 1.165) is 17.2 Å². The predicted molar refractivity (Wildman–Crippen MR) is 74.1 cm³/mol. The standard InChI is InChI=1S/C12H18N6/c1-8(2)18-7-13-10-9(3)15-12(16-11(10)18)14-6-17(4)5/h6-8H,3H2,1-2,4-5H3,(H,15,16). The Morgan fingerprint density at radius 3 is 2.83 bits per heavy atom. The van der Waals surface area contributed by atoms with E-state index in [2.05, 4.69) is 40.7 Å². The SMILES string of the molecule is C=C1NC(N=CN(C)C)=Nc2c1ncn2C(C)C. The number of aliphatic imine (C=N–C) groups is 2. The highest BCUT2D eigenvalue weighted by molar-refractivity contribution is 5.98. The third-order valence-electron chi connectivity index (χ3n) is 2.50. The van der Waals surface area contributed by atoms with E-state index in [1.165, 1.54) is 0 Å². The van der Waals surface area contributed by atoms with Crippen molar-refractivity contribution < 1.29 is 0 Å². The van der Waals surface area contributed by atoms with Crippen molar-refractivity contribution in [2.24, 2.45) is 9.98 Å². The minimum absolute atomic E-state index is 0.301. The smallest absolute Gasteiger partial charge is 0.230 e. The van der Waals surface area contributed by atoms with Gasteiger partial charge in [0.05, 0.1) is 18.4 Å². The van der Waals surface area contributed by atoms with Gasteiger partial charge in [-0.2, -0.15) is 4.99 Å². The largest absolute Gasteiger partial charge is 0.369 e. The van der Waals surface area contributed by atoms with Crippen molar-refractivity contribution in [3.05, 3.63) is 18.6 Å². The third kappa shape index (κ3) is 2.27. The maximum atomic E-state index is 4.47. The van der Waals surface area contributed by atoms with Gasteiger partial charge in [0.2, 0.25) is 5.96 Å². The van der Waals surface area contributed by atoms with Gasteiger partial charge in [-0.1, -0.05) is 6.58 Å². The number of hydrogen-bond donors (Lipinski definition) is 1. The Kier molecular flexibility index (Phi) is 3.18. The fraction of sp³-hybridized carbons (Fsp3) is 0.417. The van der Waals surface area contributed by atoms with Gasteiger partial charge in [-0.25, -0.2) is 9.98 Å². The molecule has 1 aromatic rings. The molecule has 6 heteroatoms. The molecule has 0 aromatic carbocycles. The molecule has 2 heterocycles. The van der Waals surface area contributed by atoms with Crippen molar-refractivity contribution in [1.82, 2.24) is 19.8 Å². The zero-order valence-electron chi connectivity index (χ0n) is 11.2. The van der Waals surface area contributed by atoms with Gasteiger partial charge in [-0.15, -0.1) is 0 Å². The quantitative estimate of drug-likeness (QED) is 0.637. The molecule has 1 aromatic heterocycles. The van der Waals surface area contributed by atoms with Gasteiger partial charge >= 0.3 is 0 Å². The molecule has 0 spiro atoms. The highest BCUT2D eigenvalue weighted by atomic mass is 15.3. The van der Waals surface area contributed by atoms with Crippen molar-refractivity contribution in [3.8, 4) is 0 Å². The summed E-state index contributed by atoms with van der Waals surface area (Å²) in [6.45, 7) is 8.13. The number of nitrogens with one attached hydrogen (secondary N) is 1. The van der Waals surface area contributed by atoms with Gasteiger partial charge in [0.1, 0.15) is 5.69 Å². The molecule has 6 nitrogen and oxygen atoms in total. The van der Waals surface area contributed by atoms with Crippen molar-refractivity contribution in [3.63, 3.8) is 0 Å². The van der Waals surface area contributed by atoms with E-state index in [1.54, 1.807) is 12.7 Å². The monoisotopic (exact) mass is 246 g/mol. The van der Waals surface area contributed by atoms with Gasteiger partial charge in [-0.05, 0) is 13.8 Å². The molecule has 1 N–H and O–H groups in total. The predicted octanol–water partition coefficient (Wildman–Crippen LogP) is 1.62. The molecular weight excluding hydrogens is 228 g/mol. The molecule has 0 aliphatic carbocycles.